The zero-order chi connectivity index (χ0) is 16.8. The van der Waals surface area contributed by atoms with Gasteiger partial charge in [-0.3, -0.25) is 9.59 Å². The van der Waals surface area contributed by atoms with Crippen molar-refractivity contribution in [2.45, 2.75) is 19.9 Å². The summed E-state index contributed by atoms with van der Waals surface area (Å²) in [6, 6.07) is 7.85. The number of hydrogen-bond donors (Lipinski definition) is 2. The molecule has 1 aliphatic rings. The van der Waals surface area contributed by atoms with E-state index in [1.54, 1.807) is 11.9 Å². The molecule has 1 aromatic carbocycles. The summed E-state index contributed by atoms with van der Waals surface area (Å²) in [5, 5.41) is 6.04. The maximum Gasteiger partial charge on any atom is 0.224 e. The number of benzene rings is 1. The number of nitrogens with one attached hydrogen (secondary N) is 2. The number of nitrogens with zero attached hydrogens (tertiary/aromatic N) is 1. The quantitative estimate of drug-likeness (QED) is 0.756. The van der Waals surface area contributed by atoms with Gasteiger partial charge in [0.15, 0.2) is 0 Å². The fourth-order valence-electron chi connectivity index (χ4n) is 2.49. The van der Waals surface area contributed by atoms with Crippen LogP contribution in [0.5, 0.6) is 0 Å². The zero-order valence-corrected chi connectivity index (χ0v) is 15.2. The average molecular weight is 382 g/mol. The molecule has 6 heteroatoms. The van der Waals surface area contributed by atoms with Crippen molar-refractivity contribution in [1.29, 1.82) is 0 Å². The lowest BCUT2D eigenvalue weighted by Crippen LogP contribution is -2.49. The number of carbonyl (C=O) groups excluding carboxylic acids is 2. The minimum Gasteiger partial charge on any atom is -0.355 e. The molecule has 5 nitrogen and oxygen atoms in total. The summed E-state index contributed by atoms with van der Waals surface area (Å²) in [4.78, 5) is 25.8. The summed E-state index contributed by atoms with van der Waals surface area (Å²) >= 11 is 3.49. The molecule has 0 radical (unpaired) electrons. The fraction of sp³-hybridized carbons (Fsp3) is 0.529. The topological polar surface area (TPSA) is 61.4 Å². The van der Waals surface area contributed by atoms with Crippen LogP contribution in [0, 0.1) is 11.8 Å². The molecule has 23 heavy (non-hydrogen) atoms. The van der Waals surface area contributed by atoms with Gasteiger partial charge in [0.1, 0.15) is 0 Å². The molecule has 1 heterocycles. The van der Waals surface area contributed by atoms with Gasteiger partial charge < -0.3 is 15.5 Å². The zero-order valence-electron chi connectivity index (χ0n) is 13.6. The summed E-state index contributed by atoms with van der Waals surface area (Å²) in [6.45, 7) is 4.70. The standard InChI is InChI=1S/C17H24BrN3O2/c1-12(14-9-19-10-14)17(23)20-8-7-16(22)21(2)11-13-5-3-4-6-15(13)18/h3-6,12,14,19H,7-11H2,1-2H3,(H,20,23). The number of hydrogen-bond acceptors (Lipinski definition) is 3. The molecule has 1 aromatic rings. The number of rotatable bonds is 7. The van der Waals surface area contributed by atoms with Crippen molar-refractivity contribution in [3.8, 4) is 0 Å². The molecule has 0 aromatic heterocycles. The van der Waals surface area contributed by atoms with Gasteiger partial charge >= 0.3 is 0 Å². The van der Waals surface area contributed by atoms with Gasteiger partial charge in [0, 0.05) is 36.9 Å². The largest absolute Gasteiger partial charge is 0.355 e. The molecule has 1 saturated heterocycles. The Morgan fingerprint density at radius 1 is 1.39 bits per heavy atom. The van der Waals surface area contributed by atoms with E-state index in [9.17, 15) is 9.59 Å². The van der Waals surface area contributed by atoms with Gasteiger partial charge in [-0.05, 0) is 30.6 Å². The molecule has 126 valence electrons. The summed E-state index contributed by atoms with van der Waals surface area (Å²) in [7, 11) is 1.78. The molecule has 0 bridgehead atoms. The Morgan fingerprint density at radius 3 is 2.70 bits per heavy atom. The van der Waals surface area contributed by atoms with E-state index in [-0.39, 0.29) is 17.7 Å². The van der Waals surface area contributed by atoms with E-state index in [1.807, 2.05) is 31.2 Å². The van der Waals surface area contributed by atoms with Crippen LogP contribution in [0.15, 0.2) is 28.7 Å². The molecule has 0 saturated carbocycles. The molecule has 1 fully saturated rings. The summed E-state index contributed by atoms with van der Waals surface area (Å²) < 4.78 is 0.996. The third-order valence-electron chi connectivity index (χ3n) is 4.36. The van der Waals surface area contributed by atoms with E-state index in [1.165, 1.54) is 0 Å². The van der Waals surface area contributed by atoms with Crippen LogP contribution in [0.3, 0.4) is 0 Å². The van der Waals surface area contributed by atoms with Gasteiger partial charge in [0.25, 0.3) is 0 Å². The Balaban J connectivity index is 1.71. The SMILES string of the molecule is CC(C(=O)NCCC(=O)N(C)Cc1ccccc1Br)C1CNC1. The molecule has 1 aliphatic heterocycles. The highest BCUT2D eigenvalue weighted by Crippen LogP contribution is 2.18. The number of amides is 2. The van der Waals surface area contributed by atoms with Crippen molar-refractivity contribution < 1.29 is 9.59 Å². The molecular formula is C17H24BrN3O2. The molecule has 0 aliphatic carbocycles. The first kappa shape index (κ1) is 17.9. The van der Waals surface area contributed by atoms with E-state index in [2.05, 4.69) is 26.6 Å². The molecule has 1 atom stereocenters. The lowest BCUT2D eigenvalue weighted by atomic mass is 9.88. The van der Waals surface area contributed by atoms with Crippen LogP contribution in [0.25, 0.3) is 0 Å². The van der Waals surface area contributed by atoms with Crippen LogP contribution in [-0.2, 0) is 16.1 Å². The summed E-state index contributed by atoms with van der Waals surface area (Å²) in [5.41, 5.74) is 1.07. The van der Waals surface area contributed by atoms with Crippen molar-refractivity contribution in [3.05, 3.63) is 34.3 Å². The third-order valence-corrected chi connectivity index (χ3v) is 5.14. The van der Waals surface area contributed by atoms with Crippen molar-refractivity contribution in [1.82, 2.24) is 15.5 Å². The lowest BCUT2D eigenvalue weighted by Gasteiger charge is -2.31. The Morgan fingerprint density at radius 2 is 2.09 bits per heavy atom. The highest BCUT2D eigenvalue weighted by molar-refractivity contribution is 9.10. The van der Waals surface area contributed by atoms with Gasteiger partial charge in [-0.15, -0.1) is 0 Å². The monoisotopic (exact) mass is 381 g/mol. The molecule has 2 rings (SSSR count). The third kappa shape index (κ3) is 5.04. The summed E-state index contributed by atoms with van der Waals surface area (Å²) in [5.74, 6) is 0.491. The van der Waals surface area contributed by atoms with Gasteiger partial charge in [-0.1, -0.05) is 41.1 Å². The first-order chi connectivity index (χ1) is 11.0. The second kappa shape index (κ2) is 8.45. The van der Waals surface area contributed by atoms with Crippen LogP contribution in [-0.4, -0.2) is 43.4 Å². The van der Waals surface area contributed by atoms with E-state index in [4.69, 9.17) is 0 Å². The maximum absolute atomic E-state index is 12.2. The predicted octanol–water partition coefficient (Wildman–Crippen LogP) is 1.77. The van der Waals surface area contributed by atoms with Gasteiger partial charge in [0.05, 0.1) is 0 Å². The van der Waals surface area contributed by atoms with E-state index < -0.39 is 0 Å². The number of halogens is 1. The highest BCUT2D eigenvalue weighted by Gasteiger charge is 2.28. The Kier molecular flexibility index (Phi) is 6.59. The second-order valence-corrected chi connectivity index (χ2v) is 6.94. The van der Waals surface area contributed by atoms with Crippen molar-refractivity contribution >= 4 is 27.7 Å². The Hall–Kier alpha value is -1.40. The van der Waals surface area contributed by atoms with Gasteiger partial charge in [-0.25, -0.2) is 0 Å². The molecular weight excluding hydrogens is 358 g/mol. The second-order valence-electron chi connectivity index (χ2n) is 6.09. The molecule has 0 spiro atoms. The Bertz CT molecular complexity index is 561. The number of carbonyl (C=O) groups is 2. The molecule has 2 N–H and O–H groups in total. The van der Waals surface area contributed by atoms with Gasteiger partial charge in [0.2, 0.25) is 11.8 Å². The highest BCUT2D eigenvalue weighted by atomic mass is 79.9. The van der Waals surface area contributed by atoms with Crippen molar-refractivity contribution in [3.63, 3.8) is 0 Å². The van der Waals surface area contributed by atoms with E-state index in [0.717, 1.165) is 23.1 Å². The summed E-state index contributed by atoms with van der Waals surface area (Å²) in [6.07, 6.45) is 0.322. The van der Waals surface area contributed by atoms with Crippen LogP contribution in [0.2, 0.25) is 0 Å². The van der Waals surface area contributed by atoms with E-state index in [0.29, 0.717) is 25.4 Å². The van der Waals surface area contributed by atoms with Gasteiger partial charge in [-0.2, -0.15) is 0 Å². The first-order valence-corrected chi connectivity index (χ1v) is 8.74. The van der Waals surface area contributed by atoms with Crippen LogP contribution in [0.1, 0.15) is 18.9 Å². The normalized spacial score (nSPS) is 15.6. The molecule has 2 amide bonds. The minimum atomic E-state index is 0.00403. The Labute approximate surface area is 145 Å². The van der Waals surface area contributed by atoms with Crippen molar-refractivity contribution in [2.75, 3.05) is 26.7 Å². The van der Waals surface area contributed by atoms with Crippen LogP contribution in [0.4, 0.5) is 0 Å². The lowest BCUT2D eigenvalue weighted by molar-refractivity contribution is -0.130. The van der Waals surface area contributed by atoms with Crippen molar-refractivity contribution in [2.24, 2.45) is 11.8 Å². The fourth-order valence-corrected chi connectivity index (χ4v) is 2.90. The predicted molar refractivity (Wildman–Crippen MR) is 93.8 cm³/mol. The first-order valence-electron chi connectivity index (χ1n) is 7.95. The molecule has 1 unspecified atom stereocenters. The minimum absolute atomic E-state index is 0.00403. The van der Waals surface area contributed by atoms with Crippen LogP contribution < -0.4 is 10.6 Å². The maximum atomic E-state index is 12.2. The average Bonchev–Trinajstić information content (AvgIpc) is 2.47. The smallest absolute Gasteiger partial charge is 0.224 e. The van der Waals surface area contributed by atoms with Crippen LogP contribution >= 0.6 is 15.9 Å². The van der Waals surface area contributed by atoms with E-state index >= 15 is 0 Å².